The number of unbranched alkanes of at least 4 members (excludes halogenated alkanes) is 8. The van der Waals surface area contributed by atoms with E-state index < -0.39 is 0 Å². The topological polar surface area (TPSA) is 35.5 Å². The van der Waals surface area contributed by atoms with Crippen molar-refractivity contribution >= 4 is 5.97 Å². The monoisotopic (exact) mass is 496 g/mol. The fourth-order valence-corrected chi connectivity index (χ4v) is 4.91. The molecule has 0 spiro atoms. The predicted molar refractivity (Wildman–Crippen MR) is 150 cm³/mol. The molecule has 0 aromatic heterocycles. The molecule has 0 saturated carbocycles. The van der Waals surface area contributed by atoms with Gasteiger partial charge in [0.1, 0.15) is 12.3 Å². The lowest BCUT2D eigenvalue weighted by molar-refractivity contribution is -0.920. The van der Waals surface area contributed by atoms with Crippen LogP contribution in [0.1, 0.15) is 95.6 Å². The lowest BCUT2D eigenvalue weighted by Crippen LogP contribution is -2.53. The number of aryl methyl sites for hydroxylation is 1. The third-order valence-corrected chi connectivity index (χ3v) is 7.05. The van der Waals surface area contributed by atoms with Crippen molar-refractivity contribution in [2.24, 2.45) is 0 Å². The van der Waals surface area contributed by atoms with Gasteiger partial charge in [0.15, 0.2) is 6.04 Å². The van der Waals surface area contributed by atoms with Gasteiger partial charge in [-0.25, -0.2) is 4.79 Å². The molecule has 0 fully saturated rings. The predicted octanol–water partition coefficient (Wildman–Crippen LogP) is 8.08. The number of quaternary nitrogens is 1. The van der Waals surface area contributed by atoms with Crippen LogP contribution in [0.3, 0.4) is 0 Å². The Morgan fingerprint density at radius 3 is 2.06 bits per heavy atom. The minimum Gasteiger partial charge on any atom is -0.457 e. The first-order valence-corrected chi connectivity index (χ1v) is 14.2. The van der Waals surface area contributed by atoms with Crippen molar-refractivity contribution < 1.29 is 18.8 Å². The molecule has 36 heavy (non-hydrogen) atoms. The van der Waals surface area contributed by atoms with Crippen molar-refractivity contribution in [3.8, 4) is 5.75 Å². The Balaban J connectivity index is 1.79. The number of rotatable bonds is 19. The van der Waals surface area contributed by atoms with Crippen LogP contribution in [0.25, 0.3) is 0 Å². The third kappa shape index (κ3) is 11.2. The summed E-state index contributed by atoms with van der Waals surface area (Å²) in [7, 11) is 4.21. The van der Waals surface area contributed by atoms with Crippen LogP contribution in [0.5, 0.6) is 5.75 Å². The van der Waals surface area contributed by atoms with E-state index in [0.717, 1.165) is 31.6 Å². The zero-order valence-electron chi connectivity index (χ0n) is 23.3. The first kappa shape index (κ1) is 29.9. The van der Waals surface area contributed by atoms with Gasteiger partial charge in [-0.15, -0.1) is 0 Å². The summed E-state index contributed by atoms with van der Waals surface area (Å²) in [5, 5.41) is 0. The molecule has 0 bridgehead atoms. The van der Waals surface area contributed by atoms with E-state index in [-0.39, 0.29) is 18.8 Å². The van der Waals surface area contributed by atoms with Gasteiger partial charge in [-0.2, -0.15) is 0 Å². The van der Waals surface area contributed by atoms with Gasteiger partial charge in [-0.05, 0) is 30.9 Å². The van der Waals surface area contributed by atoms with Crippen molar-refractivity contribution in [3.63, 3.8) is 0 Å². The number of esters is 1. The van der Waals surface area contributed by atoms with Gasteiger partial charge in [-0.3, -0.25) is 0 Å². The molecule has 0 aliphatic rings. The second kappa shape index (κ2) is 17.2. The molecule has 200 valence electrons. The van der Waals surface area contributed by atoms with E-state index in [1.807, 2.05) is 30.3 Å². The lowest BCUT2D eigenvalue weighted by Gasteiger charge is -2.36. The third-order valence-electron chi connectivity index (χ3n) is 7.05. The summed E-state index contributed by atoms with van der Waals surface area (Å²) in [6.07, 6.45) is 14.6. The van der Waals surface area contributed by atoms with Crippen molar-refractivity contribution in [1.82, 2.24) is 0 Å². The van der Waals surface area contributed by atoms with Gasteiger partial charge in [0, 0.05) is 12.0 Å². The van der Waals surface area contributed by atoms with Crippen LogP contribution in [0.2, 0.25) is 0 Å². The minimum atomic E-state index is -0.226. The number of carbonyl (C=O) groups excluding carboxylic acids is 1. The molecule has 2 aromatic rings. The van der Waals surface area contributed by atoms with Crippen LogP contribution in [0, 0.1) is 0 Å². The molecule has 1 atom stereocenters. The van der Waals surface area contributed by atoms with E-state index in [1.54, 1.807) is 0 Å². The van der Waals surface area contributed by atoms with Gasteiger partial charge in [0.05, 0.1) is 14.1 Å². The van der Waals surface area contributed by atoms with Crippen molar-refractivity contribution in [1.29, 1.82) is 0 Å². The number of likely N-dealkylation sites (N-methyl/N-ethyl adjacent to an activating group) is 1. The zero-order chi connectivity index (χ0) is 26.1. The molecule has 4 nitrogen and oxygen atoms in total. The highest BCUT2D eigenvalue weighted by Gasteiger charge is 2.35. The maximum absolute atomic E-state index is 13.1. The van der Waals surface area contributed by atoms with Crippen LogP contribution >= 0.6 is 0 Å². The number of para-hydroxylation sites is 1. The normalized spacial score (nSPS) is 12.3. The molecule has 0 heterocycles. The highest BCUT2D eigenvalue weighted by atomic mass is 16.7. The van der Waals surface area contributed by atoms with E-state index in [2.05, 4.69) is 52.2 Å². The summed E-state index contributed by atoms with van der Waals surface area (Å²) in [4.78, 5) is 13.1. The van der Waals surface area contributed by atoms with Gasteiger partial charge in [-0.1, -0.05) is 114 Å². The van der Waals surface area contributed by atoms with Crippen LogP contribution in [-0.4, -0.2) is 37.4 Å². The molecular formula is C32H50NO3+. The molecule has 0 saturated heterocycles. The smallest absolute Gasteiger partial charge is 0.367 e. The minimum absolute atomic E-state index is 0.0425. The lowest BCUT2D eigenvalue weighted by atomic mass is 10.0. The first-order chi connectivity index (χ1) is 17.5. The summed E-state index contributed by atoms with van der Waals surface area (Å²) in [5.74, 6) is 0.643. The largest absolute Gasteiger partial charge is 0.457 e. The van der Waals surface area contributed by atoms with Crippen LogP contribution < -0.4 is 4.74 Å². The van der Waals surface area contributed by atoms with E-state index >= 15 is 0 Å². The van der Waals surface area contributed by atoms with Crippen molar-refractivity contribution in [2.75, 3.05) is 20.9 Å². The molecule has 1 unspecified atom stereocenters. The van der Waals surface area contributed by atoms with E-state index in [4.69, 9.17) is 9.47 Å². The molecular weight excluding hydrogens is 446 g/mol. The van der Waals surface area contributed by atoms with E-state index in [9.17, 15) is 4.79 Å². The van der Waals surface area contributed by atoms with E-state index in [1.165, 1.54) is 68.9 Å². The number of carbonyl (C=O) groups is 1. The number of hydrogen-bond donors (Lipinski definition) is 0. The molecule has 0 aliphatic carbocycles. The Morgan fingerprint density at radius 1 is 0.778 bits per heavy atom. The summed E-state index contributed by atoms with van der Waals surface area (Å²) < 4.78 is 12.2. The Morgan fingerprint density at radius 2 is 1.39 bits per heavy atom. The van der Waals surface area contributed by atoms with Crippen LogP contribution in [0.15, 0.2) is 54.6 Å². The van der Waals surface area contributed by atoms with Crippen molar-refractivity contribution in [3.05, 3.63) is 65.7 Å². The van der Waals surface area contributed by atoms with Gasteiger partial charge < -0.3 is 14.0 Å². The molecule has 2 rings (SSSR count). The Kier molecular flexibility index (Phi) is 14.3. The number of nitrogens with zero attached hydrogens (tertiary/aromatic N) is 1. The fraction of sp³-hybridized carbons (Fsp3) is 0.594. The zero-order valence-corrected chi connectivity index (χ0v) is 23.3. The Labute approximate surface area is 220 Å². The average Bonchev–Trinajstić information content (AvgIpc) is 2.87. The first-order valence-electron chi connectivity index (χ1n) is 14.2. The second-order valence-electron chi connectivity index (χ2n) is 10.6. The highest BCUT2D eigenvalue weighted by molar-refractivity contribution is 5.74. The molecule has 0 N–H and O–H groups in total. The molecule has 0 amide bonds. The maximum Gasteiger partial charge on any atom is 0.367 e. The maximum atomic E-state index is 13.1. The summed E-state index contributed by atoms with van der Waals surface area (Å²) in [6, 6.07) is 18.3. The molecule has 0 radical (unpaired) electrons. The second-order valence-corrected chi connectivity index (χ2v) is 10.6. The molecule has 0 aliphatic heterocycles. The number of benzene rings is 2. The average molecular weight is 497 g/mol. The number of ether oxygens (including phenoxy) is 2. The van der Waals surface area contributed by atoms with Gasteiger partial charge >= 0.3 is 5.97 Å². The summed E-state index contributed by atoms with van der Waals surface area (Å²) in [5.41, 5.74) is 2.42. The van der Waals surface area contributed by atoms with E-state index in [0.29, 0.717) is 4.48 Å². The Bertz CT molecular complexity index is 849. The molecule has 4 heteroatoms. The highest BCUT2D eigenvalue weighted by Crippen LogP contribution is 2.22. The molecule has 2 aromatic carbocycles. The quantitative estimate of drug-likeness (QED) is 0.0853. The van der Waals surface area contributed by atoms with Crippen LogP contribution in [-0.2, 0) is 22.5 Å². The van der Waals surface area contributed by atoms with Gasteiger partial charge in [0.2, 0.25) is 6.79 Å². The summed E-state index contributed by atoms with van der Waals surface area (Å²) in [6.45, 7) is 5.12. The van der Waals surface area contributed by atoms with Crippen LogP contribution in [0.4, 0.5) is 0 Å². The van der Waals surface area contributed by atoms with Crippen molar-refractivity contribution in [2.45, 2.75) is 103 Å². The van der Waals surface area contributed by atoms with Gasteiger partial charge in [0.25, 0.3) is 0 Å². The summed E-state index contributed by atoms with van der Waals surface area (Å²) >= 11 is 0. The SMILES string of the molecule is CCCCCCCCCCCc1ccccc1OCOC(=O)C(CCC)[N+](C)(C)Cc1ccccc1. The standard InChI is InChI=1S/C32H50NO3/c1-5-7-8-9-10-11-12-13-17-23-29-24-18-19-25-31(29)35-27-36-32(34)30(20-6-2)33(3,4)26-28-21-15-14-16-22-28/h14-16,18-19,21-22,24-25,30H,5-13,17,20,23,26-27H2,1-4H3/q+1. The number of hydrogen-bond acceptors (Lipinski definition) is 3. The Hall–Kier alpha value is -2.33. The fourth-order valence-electron chi connectivity index (χ4n) is 4.91.